The Labute approximate surface area is 66.3 Å². The first-order valence-corrected chi connectivity index (χ1v) is 5.45. The Bertz CT molecular complexity index is 68.6. The van der Waals surface area contributed by atoms with Crippen LogP contribution in [0, 0.1) is 0 Å². The second-order valence-electron chi connectivity index (χ2n) is 2.25. The van der Waals surface area contributed by atoms with Crippen molar-refractivity contribution in [3.05, 3.63) is 0 Å². The van der Waals surface area contributed by atoms with Crippen LogP contribution in [-0.2, 0) is 9.47 Å². The van der Waals surface area contributed by atoms with Crippen molar-refractivity contribution in [1.29, 1.82) is 0 Å². The molecule has 0 spiro atoms. The molecule has 0 fully saturated rings. The van der Waals surface area contributed by atoms with Crippen molar-refractivity contribution >= 4 is 10.2 Å². The van der Waals surface area contributed by atoms with Gasteiger partial charge in [-0.3, -0.25) is 0 Å². The molecule has 0 radical (unpaired) electrons. The van der Waals surface area contributed by atoms with E-state index in [-0.39, 0.29) is 6.29 Å². The summed E-state index contributed by atoms with van der Waals surface area (Å²) in [5.74, 6) is 0. The van der Waals surface area contributed by atoms with Crippen molar-refractivity contribution in [1.82, 2.24) is 0 Å². The summed E-state index contributed by atoms with van der Waals surface area (Å²) in [6, 6.07) is 1.32. The van der Waals surface area contributed by atoms with E-state index < -0.39 is 0 Å². The van der Waals surface area contributed by atoms with Gasteiger partial charge in [0.25, 0.3) is 0 Å². The van der Waals surface area contributed by atoms with Gasteiger partial charge in [-0.1, -0.05) is 6.04 Å². The second-order valence-corrected chi connectivity index (χ2v) is 3.25. The number of ether oxygens (including phenoxy) is 2. The molecule has 0 aliphatic heterocycles. The van der Waals surface area contributed by atoms with E-state index in [1.807, 2.05) is 13.8 Å². The lowest BCUT2D eigenvalue weighted by atomic mass is 10.5. The van der Waals surface area contributed by atoms with E-state index in [2.05, 4.69) is 0 Å². The molecule has 0 rings (SSSR count). The van der Waals surface area contributed by atoms with Gasteiger partial charge in [0.05, 0.1) is 0 Å². The first-order valence-electron chi connectivity index (χ1n) is 4.04. The molecule has 62 valence electrons. The molecule has 0 saturated heterocycles. The molecule has 0 aromatic carbocycles. The fraction of sp³-hybridized carbons (Fsp3) is 1.00. The molecular weight excluding hydrogens is 144 g/mol. The monoisotopic (exact) mass is 162 g/mol. The lowest BCUT2D eigenvalue weighted by molar-refractivity contribution is -0.126. The molecule has 1 atom stereocenters. The maximum absolute atomic E-state index is 5.32. The minimum atomic E-state index is -0.0155. The zero-order valence-electron chi connectivity index (χ0n) is 7.22. The minimum absolute atomic E-state index is 0.0155. The molecule has 3 heteroatoms. The van der Waals surface area contributed by atoms with Crippen LogP contribution in [0.25, 0.3) is 0 Å². The molecule has 0 saturated carbocycles. The first kappa shape index (κ1) is 10.1. The van der Waals surface area contributed by atoms with E-state index in [1.165, 1.54) is 22.7 Å². The third kappa shape index (κ3) is 6.26. The molecule has 0 heterocycles. The average molecular weight is 162 g/mol. The molecule has 0 bridgehead atoms. The molecule has 0 aliphatic carbocycles. The Morgan fingerprint density at radius 3 is 2.60 bits per heavy atom. The summed E-state index contributed by atoms with van der Waals surface area (Å²) in [5, 5.41) is 0. The summed E-state index contributed by atoms with van der Waals surface area (Å²) in [4.78, 5) is 0. The van der Waals surface area contributed by atoms with Crippen LogP contribution in [-0.4, -0.2) is 29.7 Å². The average Bonchev–Trinajstić information content (AvgIpc) is 1.89. The van der Waals surface area contributed by atoms with Crippen LogP contribution in [0.4, 0.5) is 0 Å². The molecule has 0 aromatic heterocycles. The van der Waals surface area contributed by atoms with E-state index in [4.69, 9.17) is 9.47 Å². The Hall–Kier alpha value is 0.137. The Morgan fingerprint density at radius 2 is 2.10 bits per heavy atom. The van der Waals surface area contributed by atoms with Crippen LogP contribution >= 0.6 is 0 Å². The van der Waals surface area contributed by atoms with E-state index in [9.17, 15) is 0 Å². The van der Waals surface area contributed by atoms with Gasteiger partial charge < -0.3 is 9.47 Å². The van der Waals surface area contributed by atoms with E-state index in [0.29, 0.717) is 0 Å². The quantitative estimate of drug-likeness (QED) is 0.323. The highest BCUT2D eigenvalue weighted by Crippen LogP contribution is 1.95. The maximum Gasteiger partial charge on any atom is 0.154 e. The van der Waals surface area contributed by atoms with Crippen LogP contribution in [0.5, 0.6) is 0 Å². The van der Waals surface area contributed by atoms with Crippen LogP contribution < -0.4 is 0 Å². The second kappa shape index (κ2) is 7.25. The summed E-state index contributed by atoms with van der Waals surface area (Å²) in [6.07, 6.45) is 1.17. The first-order chi connectivity index (χ1) is 4.81. The lowest BCUT2D eigenvalue weighted by Gasteiger charge is -2.11. The van der Waals surface area contributed by atoms with Crippen molar-refractivity contribution in [2.75, 3.05) is 13.2 Å². The zero-order valence-corrected chi connectivity index (χ0v) is 9.22. The van der Waals surface area contributed by atoms with Gasteiger partial charge in [-0.15, -0.1) is 0 Å². The summed E-state index contributed by atoms with van der Waals surface area (Å²) >= 11 is 0. The summed E-state index contributed by atoms with van der Waals surface area (Å²) in [6.45, 7) is 5.51. The SMILES string of the molecule is CCOC(C)OCCC[SiH3]. The van der Waals surface area contributed by atoms with Gasteiger partial charge in [-0.2, -0.15) is 0 Å². The van der Waals surface area contributed by atoms with Gasteiger partial charge in [-0.25, -0.2) is 0 Å². The normalized spacial score (nSPS) is 13.8. The minimum Gasteiger partial charge on any atom is -0.353 e. The molecule has 0 N–H and O–H groups in total. The van der Waals surface area contributed by atoms with Gasteiger partial charge in [-0.05, 0) is 20.3 Å². The highest BCUT2D eigenvalue weighted by molar-refractivity contribution is 6.08. The van der Waals surface area contributed by atoms with E-state index in [1.54, 1.807) is 0 Å². The van der Waals surface area contributed by atoms with Gasteiger partial charge in [0.15, 0.2) is 6.29 Å². The fourth-order valence-electron chi connectivity index (χ4n) is 0.676. The number of hydrogen-bond acceptors (Lipinski definition) is 2. The van der Waals surface area contributed by atoms with Crippen molar-refractivity contribution in [3.8, 4) is 0 Å². The number of rotatable bonds is 6. The van der Waals surface area contributed by atoms with Crippen LogP contribution in [0.15, 0.2) is 0 Å². The van der Waals surface area contributed by atoms with Crippen LogP contribution in [0.2, 0.25) is 6.04 Å². The van der Waals surface area contributed by atoms with Gasteiger partial charge >= 0.3 is 0 Å². The largest absolute Gasteiger partial charge is 0.353 e. The predicted molar refractivity (Wildman–Crippen MR) is 46.4 cm³/mol. The van der Waals surface area contributed by atoms with Crippen LogP contribution in [0.1, 0.15) is 20.3 Å². The molecule has 2 nitrogen and oxygen atoms in total. The highest BCUT2D eigenvalue weighted by Gasteiger charge is 1.97. The molecule has 0 amide bonds. The third-order valence-electron chi connectivity index (χ3n) is 1.25. The van der Waals surface area contributed by atoms with Gasteiger partial charge in [0.2, 0.25) is 0 Å². The van der Waals surface area contributed by atoms with Crippen molar-refractivity contribution in [2.24, 2.45) is 0 Å². The molecule has 0 aliphatic rings. The highest BCUT2D eigenvalue weighted by atomic mass is 28.1. The Balaban J connectivity index is 2.97. The maximum atomic E-state index is 5.32. The van der Waals surface area contributed by atoms with Crippen molar-refractivity contribution < 1.29 is 9.47 Å². The third-order valence-corrected chi connectivity index (χ3v) is 1.96. The predicted octanol–water partition coefficient (Wildman–Crippen LogP) is 0.559. The molecule has 0 aromatic rings. The summed E-state index contributed by atoms with van der Waals surface area (Å²) in [5.41, 5.74) is 0. The van der Waals surface area contributed by atoms with Crippen molar-refractivity contribution in [3.63, 3.8) is 0 Å². The zero-order chi connectivity index (χ0) is 7.82. The molecule has 10 heavy (non-hydrogen) atoms. The Kier molecular flexibility index (Phi) is 7.35. The smallest absolute Gasteiger partial charge is 0.154 e. The van der Waals surface area contributed by atoms with E-state index in [0.717, 1.165) is 13.2 Å². The van der Waals surface area contributed by atoms with E-state index >= 15 is 0 Å². The standard InChI is InChI=1S/C7H18O2Si/c1-3-8-7(2)9-5-4-6-10/h7H,3-6H2,1-2,10H3. The topological polar surface area (TPSA) is 18.5 Å². The molecular formula is C7H18O2Si. The van der Waals surface area contributed by atoms with Gasteiger partial charge in [0.1, 0.15) is 0 Å². The van der Waals surface area contributed by atoms with Crippen LogP contribution in [0.3, 0.4) is 0 Å². The van der Waals surface area contributed by atoms with Crippen molar-refractivity contribution in [2.45, 2.75) is 32.6 Å². The Morgan fingerprint density at radius 1 is 1.40 bits per heavy atom. The molecule has 1 unspecified atom stereocenters. The fourth-order valence-corrected chi connectivity index (χ4v) is 0.965. The number of hydrogen-bond donors (Lipinski definition) is 0. The van der Waals surface area contributed by atoms with Gasteiger partial charge in [0, 0.05) is 23.5 Å². The summed E-state index contributed by atoms with van der Waals surface area (Å²) < 4.78 is 10.5. The summed E-state index contributed by atoms with van der Waals surface area (Å²) in [7, 11) is 1.28. The lowest BCUT2D eigenvalue weighted by Crippen LogP contribution is -2.13.